The number of thiazole rings is 1. The highest BCUT2D eigenvalue weighted by Gasteiger charge is 2.71. The highest BCUT2D eigenvalue weighted by Crippen LogP contribution is 2.75. The molecule has 37 heavy (non-hydrogen) atoms. The maximum Gasteiger partial charge on any atom is 0.309 e. The van der Waals surface area contributed by atoms with Crippen LogP contribution in [0.4, 0.5) is 0 Å². The number of aliphatic hydroxyl groups excluding tert-OH is 2. The minimum absolute atomic E-state index is 0.0647. The molecule has 0 bridgehead atoms. The summed E-state index contributed by atoms with van der Waals surface area (Å²) in [5.74, 6) is -1.32. The lowest BCUT2D eigenvalue weighted by atomic mass is 9.73. The van der Waals surface area contributed by atoms with Gasteiger partial charge < -0.3 is 14.9 Å². The van der Waals surface area contributed by atoms with Crippen LogP contribution in [0.15, 0.2) is 11.0 Å². The standard InChI is InChI=1S/C28H41Br2NO5S/c1-15-9-8-10-27(7)21(28(27,29)30)12-20(16(2)11-19-14-37-18(4)31-19)36-23(33)13-22(32)26(5,6)25(35)17(3)24(15)34/h11,14-15,17,20-22,24,32,34H,8-10,12-13H2,1-7H3/t15?,17?,20?,21-,22?,24?,27?/m0/s1. The Morgan fingerprint density at radius 1 is 1.22 bits per heavy atom. The number of hydrogen-bond donors (Lipinski definition) is 2. The van der Waals surface area contributed by atoms with Gasteiger partial charge in [0.2, 0.25) is 0 Å². The zero-order chi connectivity index (χ0) is 27.9. The Kier molecular flexibility index (Phi) is 9.59. The molecule has 208 valence electrons. The Balaban J connectivity index is 1.93. The minimum Gasteiger partial charge on any atom is -0.458 e. The quantitative estimate of drug-likeness (QED) is 0.279. The van der Waals surface area contributed by atoms with Gasteiger partial charge in [-0.15, -0.1) is 11.3 Å². The number of ketones is 1. The van der Waals surface area contributed by atoms with Crippen molar-refractivity contribution in [2.75, 3.05) is 0 Å². The fraction of sp³-hybridized carbons (Fsp3) is 0.750. The summed E-state index contributed by atoms with van der Waals surface area (Å²) in [4.78, 5) is 30.9. The monoisotopic (exact) mass is 661 g/mol. The van der Waals surface area contributed by atoms with E-state index >= 15 is 0 Å². The molecule has 9 heteroatoms. The number of aryl methyl sites for hydroxylation is 1. The van der Waals surface area contributed by atoms with Crippen LogP contribution < -0.4 is 0 Å². The van der Waals surface area contributed by atoms with E-state index in [1.54, 1.807) is 32.1 Å². The maximum atomic E-state index is 13.3. The third-order valence-corrected chi connectivity index (χ3v) is 12.5. The lowest BCUT2D eigenvalue weighted by Crippen LogP contribution is -2.45. The molecule has 1 saturated heterocycles. The van der Waals surface area contributed by atoms with E-state index in [1.165, 1.54) is 0 Å². The van der Waals surface area contributed by atoms with Crippen LogP contribution in [0.1, 0.15) is 84.3 Å². The van der Waals surface area contributed by atoms with Crippen LogP contribution >= 0.6 is 43.2 Å². The van der Waals surface area contributed by atoms with Crippen LogP contribution in [-0.4, -0.2) is 48.5 Å². The van der Waals surface area contributed by atoms with E-state index in [2.05, 4.69) is 43.8 Å². The van der Waals surface area contributed by atoms with Crippen molar-refractivity contribution < 1.29 is 24.5 Å². The minimum atomic E-state index is -1.23. The number of halogens is 2. The Hall–Kier alpha value is -0.610. The topological polar surface area (TPSA) is 96.7 Å². The first-order valence-electron chi connectivity index (χ1n) is 13.1. The van der Waals surface area contributed by atoms with E-state index in [0.29, 0.717) is 6.42 Å². The maximum absolute atomic E-state index is 13.3. The molecule has 2 aliphatic rings. The third kappa shape index (κ3) is 6.42. The average molecular weight is 664 g/mol. The highest BCUT2D eigenvalue weighted by atomic mass is 79.9. The van der Waals surface area contributed by atoms with Crippen molar-refractivity contribution in [1.29, 1.82) is 0 Å². The van der Waals surface area contributed by atoms with E-state index in [9.17, 15) is 19.8 Å². The van der Waals surface area contributed by atoms with Crippen molar-refractivity contribution in [3.05, 3.63) is 21.7 Å². The third-order valence-electron chi connectivity index (χ3n) is 8.82. The number of nitrogens with zero attached hydrogens (tertiary/aromatic N) is 1. The Morgan fingerprint density at radius 2 is 1.86 bits per heavy atom. The predicted molar refractivity (Wildman–Crippen MR) is 155 cm³/mol. The Labute approximate surface area is 241 Å². The van der Waals surface area contributed by atoms with Gasteiger partial charge in [-0.2, -0.15) is 0 Å². The van der Waals surface area contributed by atoms with E-state index in [-0.39, 0.29) is 32.7 Å². The van der Waals surface area contributed by atoms with Gasteiger partial charge in [0.05, 0.1) is 38.0 Å². The van der Waals surface area contributed by atoms with E-state index in [4.69, 9.17) is 4.74 Å². The lowest BCUT2D eigenvalue weighted by Gasteiger charge is -2.34. The molecule has 6 unspecified atom stereocenters. The molecule has 2 heterocycles. The molecule has 1 aliphatic carbocycles. The molecule has 0 aromatic carbocycles. The number of aromatic nitrogens is 1. The van der Waals surface area contributed by atoms with Gasteiger partial charge in [0.1, 0.15) is 11.9 Å². The first kappa shape index (κ1) is 30.9. The van der Waals surface area contributed by atoms with Crippen molar-refractivity contribution >= 4 is 61.0 Å². The number of carbonyl (C=O) groups is 2. The first-order valence-corrected chi connectivity index (χ1v) is 15.6. The largest absolute Gasteiger partial charge is 0.458 e. The summed E-state index contributed by atoms with van der Waals surface area (Å²) >= 11 is 9.35. The van der Waals surface area contributed by atoms with Gasteiger partial charge in [-0.1, -0.05) is 72.9 Å². The number of rotatable bonds is 2. The number of cyclic esters (lactones) is 1. The molecule has 1 saturated carbocycles. The molecule has 1 aromatic rings. The summed E-state index contributed by atoms with van der Waals surface area (Å²) in [5, 5.41) is 24.8. The first-order chi connectivity index (χ1) is 17.0. The normalized spacial score (nSPS) is 37.5. The summed E-state index contributed by atoms with van der Waals surface area (Å²) in [5.41, 5.74) is 0.448. The summed E-state index contributed by atoms with van der Waals surface area (Å²) in [6.45, 7) is 13.1. The number of ether oxygens (including phenoxy) is 1. The van der Waals surface area contributed by atoms with Crippen LogP contribution in [0, 0.1) is 35.5 Å². The van der Waals surface area contributed by atoms with E-state index in [0.717, 1.165) is 35.5 Å². The molecular formula is C28H41Br2NO5S. The molecule has 0 amide bonds. The van der Waals surface area contributed by atoms with Gasteiger partial charge in [0.25, 0.3) is 0 Å². The SMILES string of the molecule is CC(=Cc1csc(C)n1)C1C[C@@H]2C(Br)(Br)C2(C)CCCC(C)C(O)C(C)C(=O)C(C)(C)C(O)CC(=O)O1. The fourth-order valence-corrected chi connectivity index (χ4v) is 8.39. The van der Waals surface area contributed by atoms with Crippen molar-refractivity contribution in [2.45, 2.75) is 102 Å². The number of hydrogen-bond acceptors (Lipinski definition) is 7. The second-order valence-corrected chi connectivity index (χ2v) is 16.6. The van der Waals surface area contributed by atoms with Crippen molar-refractivity contribution in [2.24, 2.45) is 28.6 Å². The van der Waals surface area contributed by atoms with Crippen LogP contribution in [0.2, 0.25) is 0 Å². The van der Waals surface area contributed by atoms with Crippen molar-refractivity contribution in [3.8, 4) is 0 Å². The van der Waals surface area contributed by atoms with Crippen LogP contribution in [0.5, 0.6) is 0 Å². The van der Waals surface area contributed by atoms with Crippen LogP contribution in [-0.2, 0) is 14.3 Å². The van der Waals surface area contributed by atoms with E-state index < -0.39 is 35.6 Å². The van der Waals surface area contributed by atoms with Crippen LogP contribution in [0.25, 0.3) is 6.08 Å². The summed E-state index contributed by atoms with van der Waals surface area (Å²) < 4.78 is 5.72. The Morgan fingerprint density at radius 3 is 2.46 bits per heavy atom. The molecule has 2 N–H and O–H groups in total. The molecule has 7 atom stereocenters. The molecule has 2 fully saturated rings. The molecule has 6 nitrogen and oxygen atoms in total. The Bertz CT molecular complexity index is 1040. The molecule has 1 aliphatic heterocycles. The highest BCUT2D eigenvalue weighted by molar-refractivity contribution is 9.25. The molecule has 3 rings (SSSR count). The molecule has 1 aromatic heterocycles. The average Bonchev–Trinajstić information content (AvgIpc) is 3.06. The van der Waals surface area contributed by atoms with Crippen molar-refractivity contribution in [3.63, 3.8) is 0 Å². The van der Waals surface area contributed by atoms with Gasteiger partial charge in [0, 0.05) is 11.3 Å². The van der Waals surface area contributed by atoms with Gasteiger partial charge in [-0.3, -0.25) is 9.59 Å². The fourth-order valence-electron chi connectivity index (χ4n) is 5.72. The number of alkyl halides is 2. The number of carbonyl (C=O) groups excluding carboxylic acids is 2. The van der Waals surface area contributed by atoms with Crippen LogP contribution in [0.3, 0.4) is 0 Å². The summed E-state index contributed by atoms with van der Waals surface area (Å²) in [6.07, 6.45) is 2.35. The second-order valence-electron chi connectivity index (χ2n) is 11.9. The molecule has 0 spiro atoms. The number of esters is 1. The summed E-state index contributed by atoms with van der Waals surface area (Å²) in [7, 11) is 0. The van der Waals surface area contributed by atoms with E-state index in [1.807, 2.05) is 32.2 Å². The number of Topliss-reactive ketones (excluding diaryl/α,β-unsaturated/α-hetero) is 1. The van der Waals surface area contributed by atoms with Gasteiger partial charge in [-0.25, -0.2) is 4.98 Å². The van der Waals surface area contributed by atoms with Crippen molar-refractivity contribution in [1.82, 2.24) is 4.98 Å². The molecule has 0 radical (unpaired) electrons. The lowest BCUT2D eigenvalue weighted by molar-refractivity contribution is -0.154. The molecular weight excluding hydrogens is 622 g/mol. The number of fused-ring (bicyclic) bond motifs is 1. The smallest absolute Gasteiger partial charge is 0.309 e. The zero-order valence-electron chi connectivity index (χ0n) is 22.9. The zero-order valence-corrected chi connectivity index (χ0v) is 26.9. The summed E-state index contributed by atoms with van der Waals surface area (Å²) in [6, 6.07) is 0. The van der Waals surface area contributed by atoms with Gasteiger partial charge in [0.15, 0.2) is 0 Å². The van der Waals surface area contributed by atoms with Gasteiger partial charge in [-0.05, 0) is 62.0 Å². The second kappa shape index (κ2) is 11.5. The number of aliphatic hydroxyl groups is 2. The van der Waals surface area contributed by atoms with Gasteiger partial charge >= 0.3 is 5.97 Å². The predicted octanol–water partition coefficient (Wildman–Crippen LogP) is 6.44.